The predicted molar refractivity (Wildman–Crippen MR) is 131 cm³/mol. The summed E-state index contributed by atoms with van der Waals surface area (Å²) >= 11 is 1.10. The van der Waals surface area contributed by atoms with Crippen LogP contribution in [0.5, 0.6) is 0 Å². The molecule has 5 aromatic rings. The molecule has 0 atom stereocenters. The predicted octanol–water partition coefficient (Wildman–Crippen LogP) is 3.54. The number of aromatic nitrogens is 1. The molecule has 0 spiro atoms. The largest absolute Gasteiger partial charge is 0.422 e. The number of sulfonamides is 1. The van der Waals surface area contributed by atoms with Crippen molar-refractivity contribution in [2.75, 3.05) is 0 Å². The molecule has 0 saturated heterocycles. The molecule has 170 valence electrons. The molecule has 2 aromatic heterocycles. The maximum Gasteiger partial charge on any atom is 0.349 e. The quantitative estimate of drug-likeness (QED) is 0.234. The molecule has 0 unspecified atom stereocenters. The number of hydrogen-bond donors (Lipinski definition) is 1. The van der Waals surface area contributed by atoms with Crippen LogP contribution in [0.2, 0.25) is 0 Å². The second kappa shape index (κ2) is 8.17. The number of allylic oxidation sites excluding steroid dienone is 1. The SMILES string of the molecule is C=CCn1c(=NC(=O)c2cc3c(ccc4ccccc43)oc2=O)sc2cc(S(N)(=O)=O)ccc21. The zero-order chi connectivity index (χ0) is 24.0. The van der Waals surface area contributed by atoms with Crippen molar-refractivity contribution < 1.29 is 17.6 Å². The lowest BCUT2D eigenvalue weighted by Gasteiger charge is -2.04. The summed E-state index contributed by atoms with van der Waals surface area (Å²) < 4.78 is 31.1. The first-order valence-electron chi connectivity index (χ1n) is 10.1. The van der Waals surface area contributed by atoms with E-state index in [0.717, 1.165) is 22.1 Å². The summed E-state index contributed by atoms with van der Waals surface area (Å²) in [5.74, 6) is -0.764. The molecular weight excluding hydrogens is 474 g/mol. The van der Waals surface area contributed by atoms with Crippen molar-refractivity contribution in [3.8, 4) is 0 Å². The van der Waals surface area contributed by atoms with Crippen LogP contribution >= 0.6 is 11.3 Å². The Bertz CT molecular complexity index is 1880. The van der Waals surface area contributed by atoms with Crippen LogP contribution < -0.4 is 15.6 Å². The van der Waals surface area contributed by atoms with Crippen LogP contribution in [-0.4, -0.2) is 18.9 Å². The van der Waals surface area contributed by atoms with E-state index in [1.165, 1.54) is 18.2 Å². The third-order valence-corrected chi connectivity index (χ3v) is 7.32. The van der Waals surface area contributed by atoms with Crippen LogP contribution in [0.3, 0.4) is 0 Å². The Morgan fingerprint density at radius 1 is 1.12 bits per heavy atom. The lowest BCUT2D eigenvalue weighted by atomic mass is 10.0. The highest BCUT2D eigenvalue weighted by atomic mass is 32.2. The standard InChI is InChI=1S/C24H17N3O5S2/c1-2-11-27-19-9-8-15(34(25,30)31)12-21(19)33-24(27)26-22(28)18-13-17-16-6-4-3-5-14(16)7-10-20(17)32-23(18)29/h2-10,12-13H,1,11H2,(H2,25,30,31). The van der Waals surface area contributed by atoms with Gasteiger partial charge < -0.3 is 8.98 Å². The number of benzene rings is 3. The van der Waals surface area contributed by atoms with Crippen molar-refractivity contribution in [1.82, 2.24) is 4.57 Å². The number of rotatable bonds is 4. The molecule has 8 nitrogen and oxygen atoms in total. The average molecular weight is 492 g/mol. The molecule has 0 fully saturated rings. The molecule has 34 heavy (non-hydrogen) atoms. The molecule has 1 amide bonds. The van der Waals surface area contributed by atoms with Gasteiger partial charge in [0.05, 0.1) is 15.1 Å². The van der Waals surface area contributed by atoms with Gasteiger partial charge in [-0.05, 0) is 41.1 Å². The van der Waals surface area contributed by atoms with Crippen LogP contribution in [-0.2, 0) is 16.6 Å². The second-order valence-electron chi connectivity index (χ2n) is 7.52. The van der Waals surface area contributed by atoms with Gasteiger partial charge in [-0.1, -0.05) is 47.7 Å². The highest BCUT2D eigenvalue weighted by molar-refractivity contribution is 7.89. The van der Waals surface area contributed by atoms with E-state index in [4.69, 9.17) is 9.56 Å². The van der Waals surface area contributed by atoms with E-state index in [1.807, 2.05) is 30.3 Å². The topological polar surface area (TPSA) is 125 Å². The monoisotopic (exact) mass is 491 g/mol. The van der Waals surface area contributed by atoms with Gasteiger partial charge in [-0.3, -0.25) is 4.79 Å². The lowest BCUT2D eigenvalue weighted by molar-refractivity contribution is 0.0994. The molecule has 0 radical (unpaired) electrons. The molecule has 3 aromatic carbocycles. The number of fused-ring (bicyclic) bond motifs is 4. The molecule has 10 heteroatoms. The van der Waals surface area contributed by atoms with E-state index in [1.54, 1.807) is 22.8 Å². The van der Waals surface area contributed by atoms with E-state index < -0.39 is 21.6 Å². The van der Waals surface area contributed by atoms with Gasteiger partial charge in [-0.2, -0.15) is 4.99 Å². The third-order valence-electron chi connectivity index (χ3n) is 5.36. The van der Waals surface area contributed by atoms with Crippen molar-refractivity contribution >= 4 is 59.2 Å². The van der Waals surface area contributed by atoms with Crippen molar-refractivity contribution in [3.63, 3.8) is 0 Å². The van der Waals surface area contributed by atoms with E-state index in [9.17, 15) is 18.0 Å². The van der Waals surface area contributed by atoms with E-state index in [2.05, 4.69) is 11.6 Å². The Morgan fingerprint density at radius 3 is 2.68 bits per heavy atom. The Hall–Kier alpha value is -3.86. The fraction of sp³-hybridized carbons (Fsp3) is 0.0417. The van der Waals surface area contributed by atoms with E-state index >= 15 is 0 Å². The first kappa shape index (κ1) is 22.0. The Balaban J connectivity index is 1.71. The molecule has 0 bridgehead atoms. The number of nitrogens with two attached hydrogens (primary N) is 1. The highest BCUT2D eigenvalue weighted by Crippen LogP contribution is 2.25. The van der Waals surface area contributed by atoms with Crippen LogP contribution in [0.15, 0.2) is 92.4 Å². The maximum absolute atomic E-state index is 13.1. The van der Waals surface area contributed by atoms with Crippen molar-refractivity contribution in [1.29, 1.82) is 0 Å². The lowest BCUT2D eigenvalue weighted by Crippen LogP contribution is -2.19. The molecule has 0 aliphatic carbocycles. The normalized spacial score (nSPS) is 12.6. The fourth-order valence-corrected chi connectivity index (χ4v) is 5.48. The average Bonchev–Trinajstić information content (AvgIpc) is 3.14. The molecule has 5 rings (SSSR count). The van der Waals surface area contributed by atoms with Crippen LogP contribution in [0, 0.1) is 0 Å². The van der Waals surface area contributed by atoms with E-state index in [-0.39, 0.29) is 15.3 Å². The number of amides is 1. The summed E-state index contributed by atoms with van der Waals surface area (Å²) in [6.07, 6.45) is 1.62. The first-order valence-corrected chi connectivity index (χ1v) is 12.4. The first-order chi connectivity index (χ1) is 16.3. The summed E-state index contributed by atoms with van der Waals surface area (Å²) in [6, 6.07) is 17.0. The zero-order valence-corrected chi connectivity index (χ0v) is 19.2. The van der Waals surface area contributed by atoms with Crippen molar-refractivity contribution in [2.45, 2.75) is 11.4 Å². The smallest absolute Gasteiger partial charge is 0.349 e. The van der Waals surface area contributed by atoms with Gasteiger partial charge in [-0.15, -0.1) is 6.58 Å². The molecule has 0 aliphatic rings. The van der Waals surface area contributed by atoms with Gasteiger partial charge in [0.1, 0.15) is 11.1 Å². The molecule has 2 heterocycles. The van der Waals surface area contributed by atoms with Crippen molar-refractivity contribution in [3.05, 3.63) is 94.1 Å². The summed E-state index contributed by atoms with van der Waals surface area (Å²) in [6.45, 7) is 4.05. The summed E-state index contributed by atoms with van der Waals surface area (Å²) in [7, 11) is -3.89. The molecular formula is C24H17N3O5S2. The van der Waals surface area contributed by atoms with Gasteiger partial charge in [-0.25, -0.2) is 18.4 Å². The van der Waals surface area contributed by atoms with Gasteiger partial charge in [0.2, 0.25) is 10.0 Å². The fourth-order valence-electron chi connectivity index (χ4n) is 3.79. The van der Waals surface area contributed by atoms with E-state index in [0.29, 0.717) is 27.7 Å². The van der Waals surface area contributed by atoms with Gasteiger partial charge in [0.15, 0.2) is 4.80 Å². The Morgan fingerprint density at radius 2 is 1.91 bits per heavy atom. The van der Waals surface area contributed by atoms with Crippen LogP contribution in [0.4, 0.5) is 0 Å². The molecule has 0 aliphatic heterocycles. The van der Waals surface area contributed by atoms with Gasteiger partial charge in [0, 0.05) is 11.9 Å². The minimum atomic E-state index is -3.89. The Labute approximate surface area is 196 Å². The Kier molecular flexibility index (Phi) is 5.28. The number of thiazole rings is 1. The summed E-state index contributed by atoms with van der Waals surface area (Å²) in [5, 5.41) is 7.66. The number of carbonyl (C=O) groups excluding carboxylic acids is 1. The summed E-state index contributed by atoms with van der Waals surface area (Å²) in [4.78, 5) is 30.1. The minimum absolute atomic E-state index is 0.0491. The number of hydrogen-bond acceptors (Lipinski definition) is 6. The van der Waals surface area contributed by atoms with Gasteiger partial charge >= 0.3 is 5.63 Å². The maximum atomic E-state index is 13.1. The van der Waals surface area contributed by atoms with Crippen molar-refractivity contribution in [2.24, 2.45) is 10.1 Å². The molecule has 0 saturated carbocycles. The summed E-state index contributed by atoms with van der Waals surface area (Å²) in [5.41, 5.74) is 0.0425. The number of carbonyl (C=O) groups is 1. The van der Waals surface area contributed by atoms with Crippen LogP contribution in [0.25, 0.3) is 32.0 Å². The number of primary sulfonamides is 1. The number of nitrogens with zero attached hydrogens (tertiary/aromatic N) is 2. The highest BCUT2D eigenvalue weighted by Gasteiger charge is 2.17. The minimum Gasteiger partial charge on any atom is -0.422 e. The zero-order valence-electron chi connectivity index (χ0n) is 17.6. The van der Waals surface area contributed by atoms with Gasteiger partial charge in [0.25, 0.3) is 5.91 Å². The molecule has 2 N–H and O–H groups in total. The third kappa shape index (κ3) is 3.77. The second-order valence-corrected chi connectivity index (χ2v) is 10.1. The van der Waals surface area contributed by atoms with Crippen LogP contribution in [0.1, 0.15) is 10.4 Å².